The summed E-state index contributed by atoms with van der Waals surface area (Å²) < 4.78 is 0. The van der Waals surface area contributed by atoms with Gasteiger partial charge >= 0.3 is 0 Å². The van der Waals surface area contributed by atoms with E-state index in [-0.39, 0.29) is 5.41 Å². The second-order valence-corrected chi connectivity index (χ2v) is 18.0. The van der Waals surface area contributed by atoms with E-state index in [0.717, 1.165) is 28.2 Å². The lowest BCUT2D eigenvalue weighted by molar-refractivity contribution is 0.660. The van der Waals surface area contributed by atoms with E-state index in [0.29, 0.717) is 0 Å². The molecule has 0 unspecified atom stereocenters. The number of hydrogen-bond acceptors (Lipinski definition) is 1. The van der Waals surface area contributed by atoms with E-state index in [4.69, 9.17) is 0 Å². The molecule has 1 aliphatic carbocycles. The van der Waals surface area contributed by atoms with Crippen molar-refractivity contribution in [3.05, 3.63) is 260 Å². The van der Waals surface area contributed by atoms with Gasteiger partial charge in [-0.15, -0.1) is 0 Å². The van der Waals surface area contributed by atoms with Crippen molar-refractivity contribution in [2.75, 3.05) is 4.90 Å². The van der Waals surface area contributed by atoms with Gasteiger partial charge in [-0.1, -0.05) is 238 Å². The highest BCUT2D eigenvalue weighted by Crippen LogP contribution is 2.53. The van der Waals surface area contributed by atoms with E-state index < -0.39 is 0 Å². The Kier molecular flexibility index (Phi) is 9.58. The predicted octanol–water partition coefficient (Wildman–Crippen LogP) is 18.1. The second-order valence-electron chi connectivity index (χ2n) is 18.0. The molecular weight excluding hydrogens is 795 g/mol. The van der Waals surface area contributed by atoms with E-state index in [9.17, 15) is 0 Å². The SMILES string of the molecule is CC1(C)c2ccccc2-c2c(-c3ccc(N(c4ccccc4-c4cccc5cccc(-c6ccccc6)c45)c4ccccc4-c4cccc5cccc(-c6ccccc6)c45)cc3)cccc21. The summed E-state index contributed by atoms with van der Waals surface area (Å²) in [6, 6.07) is 91.5. The van der Waals surface area contributed by atoms with Gasteiger partial charge in [-0.05, 0) is 113 Å². The van der Waals surface area contributed by atoms with E-state index in [1.165, 1.54) is 88.3 Å². The molecule has 0 saturated carbocycles. The zero-order valence-corrected chi connectivity index (χ0v) is 37.1. The first-order valence-electron chi connectivity index (χ1n) is 23.0. The Morgan fingerprint density at radius 1 is 0.273 bits per heavy atom. The Bertz CT molecular complexity index is 3420. The molecule has 66 heavy (non-hydrogen) atoms. The molecule has 0 N–H and O–H groups in total. The van der Waals surface area contributed by atoms with Gasteiger partial charge in [0.2, 0.25) is 0 Å². The van der Waals surface area contributed by atoms with Gasteiger partial charge in [0.1, 0.15) is 0 Å². The summed E-state index contributed by atoms with van der Waals surface area (Å²) >= 11 is 0. The van der Waals surface area contributed by atoms with Crippen LogP contribution in [-0.4, -0.2) is 0 Å². The molecule has 0 radical (unpaired) electrons. The highest BCUT2D eigenvalue weighted by Gasteiger charge is 2.36. The highest BCUT2D eigenvalue weighted by molar-refractivity contribution is 6.11. The van der Waals surface area contributed by atoms with Crippen LogP contribution in [0.2, 0.25) is 0 Å². The molecule has 0 saturated heterocycles. The molecule has 11 aromatic carbocycles. The zero-order chi connectivity index (χ0) is 44.2. The lowest BCUT2D eigenvalue weighted by Gasteiger charge is -2.31. The fraction of sp³-hybridized carbons (Fsp3) is 0.0462. The van der Waals surface area contributed by atoms with Crippen LogP contribution in [0.4, 0.5) is 17.1 Å². The normalized spacial score (nSPS) is 12.5. The van der Waals surface area contributed by atoms with Crippen molar-refractivity contribution in [1.29, 1.82) is 0 Å². The Balaban J connectivity index is 1.10. The Morgan fingerprint density at radius 3 is 1.18 bits per heavy atom. The van der Waals surface area contributed by atoms with Crippen LogP contribution in [0, 0.1) is 0 Å². The van der Waals surface area contributed by atoms with E-state index >= 15 is 0 Å². The summed E-state index contributed by atoms with van der Waals surface area (Å²) in [4.78, 5) is 2.50. The Labute approximate surface area is 387 Å². The van der Waals surface area contributed by atoms with Crippen LogP contribution < -0.4 is 4.90 Å². The maximum atomic E-state index is 2.50. The van der Waals surface area contributed by atoms with Crippen LogP contribution in [0.1, 0.15) is 25.0 Å². The molecule has 1 nitrogen and oxygen atoms in total. The van der Waals surface area contributed by atoms with Crippen molar-refractivity contribution in [3.8, 4) is 66.8 Å². The summed E-state index contributed by atoms with van der Waals surface area (Å²) in [5, 5.41) is 4.91. The average molecular weight is 842 g/mol. The molecule has 0 fully saturated rings. The topological polar surface area (TPSA) is 3.24 Å². The lowest BCUT2D eigenvalue weighted by atomic mass is 9.82. The summed E-state index contributed by atoms with van der Waals surface area (Å²) in [5.41, 5.74) is 20.7. The van der Waals surface area contributed by atoms with E-state index in [2.05, 4.69) is 267 Å². The molecule has 0 heterocycles. The smallest absolute Gasteiger partial charge is 0.0540 e. The van der Waals surface area contributed by atoms with Crippen LogP contribution in [0.5, 0.6) is 0 Å². The third kappa shape index (κ3) is 6.46. The van der Waals surface area contributed by atoms with Gasteiger partial charge in [0, 0.05) is 22.2 Å². The summed E-state index contributed by atoms with van der Waals surface area (Å²) in [6.07, 6.45) is 0. The molecule has 0 atom stereocenters. The van der Waals surface area contributed by atoms with E-state index in [1.54, 1.807) is 0 Å². The highest BCUT2D eigenvalue weighted by atomic mass is 15.1. The maximum Gasteiger partial charge on any atom is 0.0540 e. The molecular formula is C65H47N. The zero-order valence-electron chi connectivity index (χ0n) is 37.1. The number of anilines is 3. The van der Waals surface area contributed by atoms with Crippen molar-refractivity contribution >= 4 is 38.6 Å². The standard InChI is InChI=1S/C65H47N/c1-65(2)58-36-12-9-30-57(58)64-52(33-19-37-59(64)65)46-40-42-49(43-41-46)66(60-38-13-10-28-53(60)55-34-17-26-47-24-15-31-50(62(47)55)44-20-5-3-6-21-44)61-39-14-11-29-54(61)56-35-18-27-48-25-16-32-51(63(48)56)45-22-7-4-8-23-45/h3-43H,1-2H3. The fourth-order valence-electron chi connectivity index (χ4n) is 10.8. The molecule has 1 heteroatoms. The van der Waals surface area contributed by atoms with Gasteiger partial charge in [-0.3, -0.25) is 0 Å². The number of nitrogens with zero attached hydrogens (tertiary/aromatic N) is 1. The number of para-hydroxylation sites is 2. The molecule has 11 aromatic rings. The van der Waals surface area contributed by atoms with E-state index in [1.807, 2.05) is 0 Å². The Morgan fingerprint density at radius 2 is 0.652 bits per heavy atom. The first-order valence-corrected chi connectivity index (χ1v) is 23.0. The van der Waals surface area contributed by atoms with Crippen molar-refractivity contribution < 1.29 is 0 Å². The molecule has 0 aromatic heterocycles. The largest absolute Gasteiger partial charge is 0.309 e. The van der Waals surface area contributed by atoms with Gasteiger partial charge < -0.3 is 4.90 Å². The summed E-state index contributed by atoms with van der Waals surface area (Å²) in [7, 11) is 0. The molecule has 0 aliphatic heterocycles. The summed E-state index contributed by atoms with van der Waals surface area (Å²) in [6.45, 7) is 4.71. The molecule has 0 bridgehead atoms. The lowest BCUT2D eigenvalue weighted by Crippen LogP contribution is -2.14. The molecule has 0 amide bonds. The van der Waals surface area contributed by atoms with Gasteiger partial charge in [-0.25, -0.2) is 0 Å². The molecule has 12 rings (SSSR count). The molecule has 1 aliphatic rings. The van der Waals surface area contributed by atoms with Crippen molar-refractivity contribution in [2.45, 2.75) is 19.3 Å². The minimum absolute atomic E-state index is 0.0733. The third-order valence-electron chi connectivity index (χ3n) is 13.9. The number of benzene rings is 11. The first-order chi connectivity index (χ1) is 32.5. The third-order valence-corrected chi connectivity index (χ3v) is 13.9. The number of rotatable bonds is 8. The Hall–Kier alpha value is -8.26. The van der Waals surface area contributed by atoms with Crippen LogP contribution in [0.15, 0.2) is 249 Å². The van der Waals surface area contributed by atoms with Crippen molar-refractivity contribution in [1.82, 2.24) is 0 Å². The van der Waals surface area contributed by atoms with Crippen LogP contribution in [-0.2, 0) is 5.41 Å². The minimum Gasteiger partial charge on any atom is -0.309 e. The fourth-order valence-corrected chi connectivity index (χ4v) is 10.8. The maximum absolute atomic E-state index is 2.50. The minimum atomic E-state index is -0.0733. The van der Waals surface area contributed by atoms with Crippen LogP contribution >= 0.6 is 0 Å². The number of hydrogen-bond donors (Lipinski definition) is 0. The average Bonchev–Trinajstić information content (AvgIpc) is 3.62. The summed E-state index contributed by atoms with van der Waals surface area (Å²) in [5.74, 6) is 0. The van der Waals surface area contributed by atoms with Crippen LogP contribution in [0.25, 0.3) is 88.3 Å². The molecule has 0 spiro atoms. The van der Waals surface area contributed by atoms with Gasteiger partial charge in [0.25, 0.3) is 0 Å². The van der Waals surface area contributed by atoms with Crippen molar-refractivity contribution in [2.24, 2.45) is 0 Å². The predicted molar refractivity (Wildman–Crippen MR) is 281 cm³/mol. The van der Waals surface area contributed by atoms with Gasteiger partial charge in [0.05, 0.1) is 11.4 Å². The van der Waals surface area contributed by atoms with Gasteiger partial charge in [-0.2, -0.15) is 0 Å². The number of fused-ring (bicyclic) bond motifs is 5. The van der Waals surface area contributed by atoms with Crippen molar-refractivity contribution in [3.63, 3.8) is 0 Å². The second kappa shape index (κ2) is 16.1. The monoisotopic (exact) mass is 841 g/mol. The van der Waals surface area contributed by atoms with Crippen LogP contribution in [0.3, 0.4) is 0 Å². The molecule has 312 valence electrons. The van der Waals surface area contributed by atoms with Gasteiger partial charge in [0.15, 0.2) is 0 Å². The first kappa shape index (κ1) is 39.3. The quantitative estimate of drug-likeness (QED) is 0.147.